The van der Waals surface area contributed by atoms with Gasteiger partial charge in [-0.25, -0.2) is 14.3 Å². The molecule has 0 spiro atoms. The molecule has 0 bridgehead atoms. The van der Waals surface area contributed by atoms with Crippen molar-refractivity contribution in [2.75, 3.05) is 0 Å². The van der Waals surface area contributed by atoms with Gasteiger partial charge in [0.1, 0.15) is 0 Å². The van der Waals surface area contributed by atoms with Gasteiger partial charge in [-0.15, -0.1) is 0 Å². The highest BCUT2D eigenvalue weighted by atomic mass is 19.4. The van der Waals surface area contributed by atoms with Crippen LogP contribution < -0.4 is 11.2 Å². The first-order valence-electron chi connectivity index (χ1n) is 7.50. The minimum absolute atomic E-state index is 0.0837. The number of hydrogen-bond acceptors (Lipinski definition) is 4. The molecule has 3 rings (SSSR count). The Hall–Kier alpha value is -2.88. The molecule has 0 radical (unpaired) electrons. The molecule has 3 aromatic rings. The SMILES string of the molecule is Cn1cnc2c1c(=O)n(-c1ccc(C(C)(O)C(F)(F)F)cc1)c(=O)n2C. The fourth-order valence-corrected chi connectivity index (χ4v) is 2.67. The lowest BCUT2D eigenvalue weighted by Crippen LogP contribution is -2.40. The van der Waals surface area contributed by atoms with Crippen LogP contribution in [0.4, 0.5) is 13.2 Å². The first-order valence-corrected chi connectivity index (χ1v) is 7.50. The summed E-state index contributed by atoms with van der Waals surface area (Å²) in [5.74, 6) is 0. The molecule has 0 amide bonds. The molecular weight excluding hydrogens is 353 g/mol. The van der Waals surface area contributed by atoms with Gasteiger partial charge in [-0.2, -0.15) is 13.2 Å². The van der Waals surface area contributed by atoms with Gasteiger partial charge in [0.25, 0.3) is 5.56 Å². The summed E-state index contributed by atoms with van der Waals surface area (Å²) in [5, 5.41) is 9.72. The molecule has 26 heavy (non-hydrogen) atoms. The normalized spacial score (nSPS) is 14.6. The second-order valence-electron chi connectivity index (χ2n) is 6.13. The minimum atomic E-state index is -4.87. The second kappa shape index (κ2) is 5.56. The Labute approximate surface area is 144 Å². The van der Waals surface area contributed by atoms with Gasteiger partial charge in [-0.1, -0.05) is 12.1 Å². The molecule has 0 fully saturated rings. The van der Waals surface area contributed by atoms with Crippen molar-refractivity contribution in [3.8, 4) is 5.69 Å². The van der Waals surface area contributed by atoms with Gasteiger partial charge in [0.15, 0.2) is 16.8 Å². The third-order valence-corrected chi connectivity index (χ3v) is 4.36. The number of aromatic nitrogens is 4. The van der Waals surface area contributed by atoms with Crippen LogP contribution in [0.1, 0.15) is 12.5 Å². The van der Waals surface area contributed by atoms with Crippen LogP contribution in [0.15, 0.2) is 40.2 Å². The van der Waals surface area contributed by atoms with Crippen molar-refractivity contribution in [3.63, 3.8) is 0 Å². The zero-order valence-corrected chi connectivity index (χ0v) is 14.1. The van der Waals surface area contributed by atoms with Gasteiger partial charge < -0.3 is 9.67 Å². The van der Waals surface area contributed by atoms with Crippen LogP contribution in [0.25, 0.3) is 16.9 Å². The summed E-state index contributed by atoms with van der Waals surface area (Å²) in [6.07, 6.45) is -3.48. The Balaban J connectivity index is 2.22. The number of alkyl halides is 3. The summed E-state index contributed by atoms with van der Waals surface area (Å²) in [6, 6.07) is 4.42. The van der Waals surface area contributed by atoms with E-state index in [9.17, 15) is 27.9 Å². The summed E-state index contributed by atoms with van der Waals surface area (Å²) in [4.78, 5) is 29.2. The maximum absolute atomic E-state index is 12.9. The maximum Gasteiger partial charge on any atom is 0.421 e. The molecular formula is C16H15F3N4O3. The molecule has 1 aromatic carbocycles. The van der Waals surface area contributed by atoms with Gasteiger partial charge in [-0.3, -0.25) is 9.36 Å². The number of fused-ring (bicyclic) bond motifs is 1. The summed E-state index contributed by atoms with van der Waals surface area (Å²) < 4.78 is 42.3. The first kappa shape index (κ1) is 17.9. The largest absolute Gasteiger partial charge is 0.421 e. The maximum atomic E-state index is 12.9. The zero-order chi connectivity index (χ0) is 19.4. The molecule has 0 aliphatic heterocycles. The molecule has 2 heterocycles. The summed E-state index contributed by atoms with van der Waals surface area (Å²) >= 11 is 0. The lowest BCUT2D eigenvalue weighted by Gasteiger charge is -2.26. The third-order valence-electron chi connectivity index (χ3n) is 4.36. The Morgan fingerprint density at radius 2 is 1.65 bits per heavy atom. The molecule has 0 saturated carbocycles. The Morgan fingerprint density at radius 1 is 1.08 bits per heavy atom. The fourth-order valence-electron chi connectivity index (χ4n) is 2.67. The average Bonchev–Trinajstić information content (AvgIpc) is 2.94. The number of nitrogens with zero attached hydrogens (tertiary/aromatic N) is 4. The lowest BCUT2D eigenvalue weighted by atomic mass is 9.95. The summed E-state index contributed by atoms with van der Waals surface area (Å²) in [7, 11) is 3.03. The highest BCUT2D eigenvalue weighted by Crippen LogP contribution is 2.38. The number of aliphatic hydroxyl groups is 1. The van der Waals surface area contributed by atoms with E-state index >= 15 is 0 Å². The smallest absolute Gasteiger partial charge is 0.376 e. The van der Waals surface area contributed by atoms with E-state index in [-0.39, 0.29) is 16.9 Å². The van der Waals surface area contributed by atoms with E-state index in [0.717, 1.165) is 16.7 Å². The number of halogens is 3. The fraction of sp³-hybridized carbons (Fsp3) is 0.312. The van der Waals surface area contributed by atoms with Crippen molar-refractivity contribution in [3.05, 3.63) is 57.0 Å². The van der Waals surface area contributed by atoms with Gasteiger partial charge in [0, 0.05) is 14.1 Å². The van der Waals surface area contributed by atoms with Crippen LogP contribution in [0.3, 0.4) is 0 Å². The predicted octanol–water partition coefficient (Wildman–Crippen LogP) is 1.19. The molecule has 10 heteroatoms. The van der Waals surface area contributed by atoms with Crippen LogP contribution >= 0.6 is 0 Å². The standard InChI is InChI=1S/C16H15F3N4O3/c1-15(26,16(17,18)19)9-4-6-10(7-5-9)23-13(24)11-12(20-8-21(11)2)22(3)14(23)25/h4-8,26H,1-3H3. The lowest BCUT2D eigenvalue weighted by molar-refractivity contribution is -0.258. The van der Waals surface area contributed by atoms with E-state index in [1.165, 1.54) is 34.6 Å². The van der Waals surface area contributed by atoms with E-state index in [1.807, 2.05) is 0 Å². The second-order valence-corrected chi connectivity index (χ2v) is 6.13. The molecule has 7 nitrogen and oxygen atoms in total. The Kier molecular flexibility index (Phi) is 3.83. The minimum Gasteiger partial charge on any atom is -0.376 e. The Morgan fingerprint density at radius 3 is 2.19 bits per heavy atom. The third kappa shape index (κ3) is 2.45. The van der Waals surface area contributed by atoms with Gasteiger partial charge in [-0.05, 0) is 24.6 Å². The molecule has 0 aliphatic rings. The van der Waals surface area contributed by atoms with Crippen molar-refractivity contribution < 1.29 is 18.3 Å². The highest BCUT2D eigenvalue weighted by Gasteiger charge is 2.51. The van der Waals surface area contributed by atoms with Gasteiger partial charge in [0.2, 0.25) is 0 Å². The molecule has 2 aromatic heterocycles. The van der Waals surface area contributed by atoms with Crippen LogP contribution in [0, 0.1) is 0 Å². The number of benzene rings is 1. The quantitative estimate of drug-likeness (QED) is 0.737. The highest BCUT2D eigenvalue weighted by molar-refractivity contribution is 5.70. The molecule has 138 valence electrons. The van der Waals surface area contributed by atoms with Crippen molar-refractivity contribution in [1.82, 2.24) is 18.7 Å². The monoisotopic (exact) mass is 368 g/mol. The summed E-state index contributed by atoms with van der Waals surface area (Å²) in [5.41, 5.74) is -4.31. The molecule has 0 saturated heterocycles. The van der Waals surface area contributed by atoms with E-state index in [2.05, 4.69) is 4.98 Å². The number of aryl methyl sites for hydroxylation is 2. The van der Waals surface area contributed by atoms with Crippen molar-refractivity contribution in [1.29, 1.82) is 0 Å². The van der Waals surface area contributed by atoms with Crippen LogP contribution in [-0.2, 0) is 19.7 Å². The van der Waals surface area contributed by atoms with Crippen LogP contribution in [0.5, 0.6) is 0 Å². The van der Waals surface area contributed by atoms with E-state index < -0.39 is 28.6 Å². The number of rotatable bonds is 2. The van der Waals surface area contributed by atoms with E-state index in [0.29, 0.717) is 6.92 Å². The predicted molar refractivity (Wildman–Crippen MR) is 87.2 cm³/mol. The van der Waals surface area contributed by atoms with Crippen LogP contribution in [0.2, 0.25) is 0 Å². The van der Waals surface area contributed by atoms with Crippen molar-refractivity contribution >= 4 is 11.2 Å². The first-order chi connectivity index (χ1) is 12.0. The molecule has 1 atom stereocenters. The number of imidazole rings is 1. The molecule has 1 unspecified atom stereocenters. The Bertz CT molecular complexity index is 1110. The van der Waals surface area contributed by atoms with Crippen molar-refractivity contribution in [2.45, 2.75) is 18.7 Å². The van der Waals surface area contributed by atoms with E-state index in [4.69, 9.17) is 0 Å². The van der Waals surface area contributed by atoms with Gasteiger partial charge in [0.05, 0.1) is 12.0 Å². The van der Waals surface area contributed by atoms with Gasteiger partial charge >= 0.3 is 11.9 Å². The molecule has 0 aliphatic carbocycles. The van der Waals surface area contributed by atoms with Crippen molar-refractivity contribution in [2.24, 2.45) is 14.1 Å². The summed E-state index contributed by atoms with van der Waals surface area (Å²) in [6.45, 7) is 0.634. The van der Waals surface area contributed by atoms with Crippen LogP contribution in [-0.4, -0.2) is 30.0 Å². The average molecular weight is 368 g/mol. The molecule has 1 N–H and O–H groups in total. The number of hydrogen-bond donors (Lipinski definition) is 1. The topological polar surface area (TPSA) is 82.1 Å². The zero-order valence-electron chi connectivity index (χ0n) is 14.1. The van der Waals surface area contributed by atoms with E-state index in [1.54, 1.807) is 7.05 Å².